The quantitative estimate of drug-likeness (QED) is 0.870. The van der Waals surface area contributed by atoms with Crippen LogP contribution in [0.25, 0.3) is 0 Å². The van der Waals surface area contributed by atoms with E-state index < -0.39 is 0 Å². The summed E-state index contributed by atoms with van der Waals surface area (Å²) in [5.41, 5.74) is 2.18. The topological polar surface area (TPSA) is 46.5 Å². The van der Waals surface area contributed by atoms with Gasteiger partial charge in [0.1, 0.15) is 5.75 Å². The lowest BCUT2D eigenvalue weighted by Crippen LogP contribution is -2.09. The maximum absolute atomic E-state index is 11.6. The van der Waals surface area contributed by atoms with Crippen LogP contribution in [0.15, 0.2) is 35.7 Å². The number of rotatable bonds is 4. The molecule has 2 rings (SSSR count). The van der Waals surface area contributed by atoms with Crippen molar-refractivity contribution in [2.24, 2.45) is 0 Å². The molecule has 1 atom stereocenters. The standard InChI is InChI=1S/C15H16O3S/c1-10-7-8-19-15(10)13(9-14(17)18-2)11-3-5-12(16)6-4-11/h3-8,13,16H,9H2,1-2H3. The van der Waals surface area contributed by atoms with E-state index in [-0.39, 0.29) is 17.6 Å². The Bertz CT molecular complexity index is 557. The molecule has 0 aliphatic heterocycles. The first-order valence-corrected chi connectivity index (χ1v) is 6.89. The highest BCUT2D eigenvalue weighted by molar-refractivity contribution is 7.10. The number of benzene rings is 1. The molecule has 19 heavy (non-hydrogen) atoms. The van der Waals surface area contributed by atoms with Crippen molar-refractivity contribution in [3.63, 3.8) is 0 Å². The normalized spacial score (nSPS) is 12.1. The van der Waals surface area contributed by atoms with Crippen LogP contribution < -0.4 is 0 Å². The van der Waals surface area contributed by atoms with Gasteiger partial charge in [-0.05, 0) is 41.6 Å². The van der Waals surface area contributed by atoms with Crippen LogP contribution in [0.5, 0.6) is 5.75 Å². The first-order chi connectivity index (χ1) is 9.11. The summed E-state index contributed by atoms with van der Waals surface area (Å²) in [5.74, 6) is -0.0256. The second-order valence-electron chi connectivity index (χ2n) is 4.39. The third-order valence-electron chi connectivity index (χ3n) is 3.11. The number of ether oxygens (including phenoxy) is 1. The molecule has 0 aliphatic rings. The summed E-state index contributed by atoms with van der Waals surface area (Å²) in [6.45, 7) is 2.04. The van der Waals surface area contributed by atoms with Crippen LogP contribution >= 0.6 is 11.3 Å². The van der Waals surface area contributed by atoms with Crippen LogP contribution in [0.2, 0.25) is 0 Å². The van der Waals surface area contributed by atoms with E-state index >= 15 is 0 Å². The van der Waals surface area contributed by atoms with Gasteiger partial charge in [-0.2, -0.15) is 0 Å². The minimum atomic E-state index is -0.231. The first-order valence-electron chi connectivity index (χ1n) is 6.01. The van der Waals surface area contributed by atoms with E-state index in [0.717, 1.165) is 10.4 Å². The lowest BCUT2D eigenvalue weighted by atomic mass is 9.92. The van der Waals surface area contributed by atoms with Gasteiger partial charge >= 0.3 is 5.97 Å². The summed E-state index contributed by atoms with van der Waals surface area (Å²) < 4.78 is 4.78. The number of phenols is 1. The smallest absolute Gasteiger partial charge is 0.306 e. The molecule has 0 spiro atoms. The van der Waals surface area contributed by atoms with Crippen molar-refractivity contribution in [3.8, 4) is 5.75 Å². The SMILES string of the molecule is COC(=O)CC(c1ccc(O)cc1)c1sccc1C. The molecular formula is C15H16O3S. The first kappa shape index (κ1) is 13.6. The number of phenolic OH excluding ortho intramolecular Hbond substituents is 1. The van der Waals surface area contributed by atoms with E-state index in [0.29, 0.717) is 6.42 Å². The van der Waals surface area contributed by atoms with Crippen molar-refractivity contribution >= 4 is 17.3 Å². The number of esters is 1. The Balaban J connectivity index is 2.37. The molecule has 0 aliphatic carbocycles. The highest BCUT2D eigenvalue weighted by Crippen LogP contribution is 2.34. The van der Waals surface area contributed by atoms with Gasteiger partial charge in [-0.15, -0.1) is 11.3 Å². The Kier molecular flexibility index (Phi) is 4.22. The van der Waals surface area contributed by atoms with Gasteiger partial charge in [-0.3, -0.25) is 4.79 Å². The zero-order chi connectivity index (χ0) is 13.8. The van der Waals surface area contributed by atoms with Gasteiger partial charge in [-0.25, -0.2) is 0 Å². The van der Waals surface area contributed by atoms with E-state index in [4.69, 9.17) is 4.74 Å². The molecule has 100 valence electrons. The summed E-state index contributed by atoms with van der Waals surface area (Å²) in [6, 6.07) is 9.03. The van der Waals surface area contributed by atoms with E-state index in [1.807, 2.05) is 30.5 Å². The predicted molar refractivity (Wildman–Crippen MR) is 75.6 cm³/mol. The van der Waals surface area contributed by atoms with Gasteiger partial charge in [0, 0.05) is 10.8 Å². The molecule has 4 heteroatoms. The summed E-state index contributed by atoms with van der Waals surface area (Å²) in [4.78, 5) is 12.8. The third kappa shape index (κ3) is 3.15. The summed E-state index contributed by atoms with van der Waals surface area (Å²) >= 11 is 1.64. The van der Waals surface area contributed by atoms with Gasteiger partial charge in [0.2, 0.25) is 0 Å². The van der Waals surface area contributed by atoms with E-state index in [9.17, 15) is 9.90 Å². The fourth-order valence-electron chi connectivity index (χ4n) is 2.06. The van der Waals surface area contributed by atoms with Crippen LogP contribution in [-0.4, -0.2) is 18.2 Å². The van der Waals surface area contributed by atoms with Gasteiger partial charge < -0.3 is 9.84 Å². The largest absolute Gasteiger partial charge is 0.508 e. The maximum atomic E-state index is 11.6. The Hall–Kier alpha value is -1.81. The van der Waals surface area contributed by atoms with Gasteiger partial charge in [0.05, 0.1) is 13.5 Å². The van der Waals surface area contributed by atoms with Gasteiger partial charge in [-0.1, -0.05) is 12.1 Å². The van der Waals surface area contributed by atoms with Crippen LogP contribution in [0.1, 0.15) is 28.3 Å². The van der Waals surface area contributed by atoms with Crippen molar-refractivity contribution in [2.75, 3.05) is 7.11 Å². The molecular weight excluding hydrogens is 260 g/mol. The zero-order valence-electron chi connectivity index (χ0n) is 10.9. The highest BCUT2D eigenvalue weighted by Gasteiger charge is 2.21. The van der Waals surface area contributed by atoms with E-state index in [1.54, 1.807) is 23.5 Å². The number of methoxy groups -OCH3 is 1. The number of hydrogen-bond acceptors (Lipinski definition) is 4. The molecule has 0 amide bonds. The fraction of sp³-hybridized carbons (Fsp3) is 0.267. The Morgan fingerprint density at radius 1 is 1.32 bits per heavy atom. The minimum Gasteiger partial charge on any atom is -0.508 e. The van der Waals surface area contributed by atoms with Crippen molar-refractivity contribution in [3.05, 3.63) is 51.7 Å². The van der Waals surface area contributed by atoms with Gasteiger partial charge in [0.25, 0.3) is 0 Å². The Morgan fingerprint density at radius 3 is 2.53 bits per heavy atom. The van der Waals surface area contributed by atoms with Crippen molar-refractivity contribution in [2.45, 2.75) is 19.3 Å². The maximum Gasteiger partial charge on any atom is 0.306 e. The van der Waals surface area contributed by atoms with Crippen molar-refractivity contribution in [1.82, 2.24) is 0 Å². The number of carbonyl (C=O) groups is 1. The van der Waals surface area contributed by atoms with E-state index in [1.165, 1.54) is 12.7 Å². The molecule has 0 saturated carbocycles. The van der Waals surface area contributed by atoms with Crippen LogP contribution in [-0.2, 0) is 9.53 Å². The molecule has 1 aromatic carbocycles. The van der Waals surface area contributed by atoms with Gasteiger partial charge in [0.15, 0.2) is 0 Å². The third-order valence-corrected chi connectivity index (χ3v) is 4.24. The van der Waals surface area contributed by atoms with Crippen LogP contribution in [0, 0.1) is 6.92 Å². The average molecular weight is 276 g/mol. The monoisotopic (exact) mass is 276 g/mol. The minimum absolute atomic E-state index is 0.0203. The molecule has 0 bridgehead atoms. The molecule has 1 aromatic heterocycles. The number of aryl methyl sites for hydroxylation is 1. The highest BCUT2D eigenvalue weighted by atomic mass is 32.1. The Labute approximate surface area is 116 Å². The second-order valence-corrected chi connectivity index (χ2v) is 5.34. The van der Waals surface area contributed by atoms with Crippen molar-refractivity contribution < 1.29 is 14.6 Å². The Morgan fingerprint density at radius 2 is 2.00 bits per heavy atom. The number of hydrogen-bond donors (Lipinski definition) is 1. The molecule has 2 aromatic rings. The molecule has 0 radical (unpaired) electrons. The molecule has 0 fully saturated rings. The average Bonchev–Trinajstić information content (AvgIpc) is 2.83. The zero-order valence-corrected chi connectivity index (χ0v) is 11.7. The number of carbonyl (C=O) groups excluding carboxylic acids is 1. The lowest BCUT2D eigenvalue weighted by molar-refractivity contribution is -0.140. The number of thiophene rings is 1. The summed E-state index contributed by atoms with van der Waals surface area (Å²) in [6.07, 6.45) is 0.308. The second kappa shape index (κ2) is 5.89. The van der Waals surface area contributed by atoms with Crippen LogP contribution in [0.4, 0.5) is 0 Å². The molecule has 3 nitrogen and oxygen atoms in total. The van der Waals surface area contributed by atoms with E-state index in [2.05, 4.69) is 0 Å². The molecule has 1 unspecified atom stereocenters. The lowest BCUT2D eigenvalue weighted by Gasteiger charge is -2.16. The molecule has 0 saturated heterocycles. The van der Waals surface area contributed by atoms with Crippen LogP contribution in [0.3, 0.4) is 0 Å². The number of aromatic hydroxyl groups is 1. The molecule has 1 N–H and O–H groups in total. The van der Waals surface area contributed by atoms with Crippen molar-refractivity contribution in [1.29, 1.82) is 0 Å². The fourth-order valence-corrected chi connectivity index (χ4v) is 3.12. The predicted octanol–water partition coefficient (Wildman–Crippen LogP) is 3.46. The summed E-state index contributed by atoms with van der Waals surface area (Å²) in [5, 5.41) is 11.4. The summed E-state index contributed by atoms with van der Waals surface area (Å²) in [7, 11) is 1.40. The molecule has 1 heterocycles.